The SMILES string of the molecule is CCC/C(=N\O)C(=O)OCC. The Bertz CT molecular complexity index is 154. The Morgan fingerprint density at radius 2 is 2.18 bits per heavy atom. The number of carbonyl (C=O) groups excluding carboxylic acids is 1. The van der Waals surface area contributed by atoms with E-state index in [0.29, 0.717) is 13.0 Å². The van der Waals surface area contributed by atoms with Crippen LogP contribution in [0.2, 0.25) is 0 Å². The molecule has 0 radical (unpaired) electrons. The highest BCUT2D eigenvalue weighted by Crippen LogP contribution is 1.94. The van der Waals surface area contributed by atoms with Crippen LogP contribution in [0.5, 0.6) is 0 Å². The number of esters is 1. The van der Waals surface area contributed by atoms with Gasteiger partial charge in [0.15, 0.2) is 5.71 Å². The predicted molar refractivity (Wildman–Crippen MR) is 40.8 cm³/mol. The fourth-order valence-electron chi connectivity index (χ4n) is 0.644. The molecule has 0 aromatic carbocycles. The highest BCUT2D eigenvalue weighted by atomic mass is 16.5. The summed E-state index contributed by atoms with van der Waals surface area (Å²) in [7, 11) is 0. The van der Waals surface area contributed by atoms with Gasteiger partial charge in [0.1, 0.15) is 0 Å². The molecular formula is C7H13NO3. The van der Waals surface area contributed by atoms with Crippen LogP contribution in [0.1, 0.15) is 26.7 Å². The van der Waals surface area contributed by atoms with Crippen molar-refractivity contribution in [2.24, 2.45) is 5.16 Å². The van der Waals surface area contributed by atoms with E-state index in [1.165, 1.54) is 0 Å². The third-order valence-electron chi connectivity index (χ3n) is 1.12. The molecule has 0 spiro atoms. The predicted octanol–water partition coefficient (Wildman–Crippen LogP) is 1.18. The number of oxime groups is 1. The lowest BCUT2D eigenvalue weighted by Crippen LogP contribution is -2.17. The van der Waals surface area contributed by atoms with Gasteiger partial charge in [-0.3, -0.25) is 0 Å². The number of carbonyl (C=O) groups is 1. The lowest BCUT2D eigenvalue weighted by atomic mass is 10.2. The molecule has 0 bridgehead atoms. The lowest BCUT2D eigenvalue weighted by Gasteiger charge is -2.00. The molecule has 0 unspecified atom stereocenters. The minimum Gasteiger partial charge on any atom is -0.461 e. The first-order chi connectivity index (χ1) is 5.26. The van der Waals surface area contributed by atoms with Crippen molar-refractivity contribution >= 4 is 11.7 Å². The molecule has 64 valence electrons. The summed E-state index contributed by atoms with van der Waals surface area (Å²) in [5.74, 6) is -0.531. The van der Waals surface area contributed by atoms with Crippen LogP contribution in [0, 0.1) is 0 Å². The molecule has 0 saturated carbocycles. The molecule has 0 rings (SSSR count). The molecule has 0 aliphatic heterocycles. The van der Waals surface area contributed by atoms with E-state index in [2.05, 4.69) is 9.89 Å². The molecule has 11 heavy (non-hydrogen) atoms. The average Bonchev–Trinajstić information content (AvgIpc) is 2.00. The second kappa shape index (κ2) is 5.70. The quantitative estimate of drug-likeness (QED) is 0.290. The van der Waals surface area contributed by atoms with E-state index >= 15 is 0 Å². The molecule has 0 saturated heterocycles. The zero-order chi connectivity index (χ0) is 8.69. The Labute approximate surface area is 65.8 Å². The molecule has 0 atom stereocenters. The van der Waals surface area contributed by atoms with Gasteiger partial charge in [-0.15, -0.1) is 0 Å². The number of ether oxygens (including phenoxy) is 1. The molecule has 4 nitrogen and oxygen atoms in total. The number of hydrogen-bond acceptors (Lipinski definition) is 4. The number of rotatable bonds is 4. The third kappa shape index (κ3) is 3.60. The van der Waals surface area contributed by atoms with Crippen molar-refractivity contribution in [2.45, 2.75) is 26.7 Å². The van der Waals surface area contributed by atoms with E-state index in [0.717, 1.165) is 6.42 Å². The topological polar surface area (TPSA) is 58.9 Å². The summed E-state index contributed by atoms with van der Waals surface area (Å²) >= 11 is 0. The Kier molecular flexibility index (Phi) is 5.15. The minimum absolute atomic E-state index is 0.0920. The zero-order valence-corrected chi connectivity index (χ0v) is 6.83. The molecule has 0 amide bonds. The largest absolute Gasteiger partial charge is 0.461 e. The van der Waals surface area contributed by atoms with Crippen molar-refractivity contribution in [3.63, 3.8) is 0 Å². The van der Waals surface area contributed by atoms with Gasteiger partial charge in [0.2, 0.25) is 0 Å². The smallest absolute Gasteiger partial charge is 0.356 e. The van der Waals surface area contributed by atoms with Gasteiger partial charge in [0, 0.05) is 6.42 Å². The standard InChI is InChI=1S/C7H13NO3/c1-3-5-6(8-10)7(9)11-4-2/h10H,3-5H2,1-2H3/b8-6+. The second-order valence-corrected chi connectivity index (χ2v) is 2.02. The normalized spacial score (nSPS) is 11.3. The fraction of sp³-hybridized carbons (Fsp3) is 0.714. The fourth-order valence-corrected chi connectivity index (χ4v) is 0.644. The summed E-state index contributed by atoms with van der Waals surface area (Å²) in [5, 5.41) is 11.2. The van der Waals surface area contributed by atoms with Gasteiger partial charge in [0.05, 0.1) is 6.61 Å². The summed E-state index contributed by atoms with van der Waals surface area (Å²) in [6, 6.07) is 0. The molecule has 0 aromatic heterocycles. The van der Waals surface area contributed by atoms with Gasteiger partial charge in [-0.05, 0) is 6.92 Å². The molecule has 0 aliphatic carbocycles. The summed E-state index contributed by atoms with van der Waals surface area (Å²) in [4.78, 5) is 10.9. The summed E-state index contributed by atoms with van der Waals surface area (Å²) in [6.45, 7) is 3.91. The van der Waals surface area contributed by atoms with Gasteiger partial charge in [0.25, 0.3) is 0 Å². The van der Waals surface area contributed by atoms with Crippen LogP contribution >= 0.6 is 0 Å². The van der Waals surface area contributed by atoms with Crippen molar-refractivity contribution in [3.8, 4) is 0 Å². The summed E-state index contributed by atoms with van der Waals surface area (Å²) in [5.41, 5.74) is 0.0920. The summed E-state index contributed by atoms with van der Waals surface area (Å²) in [6.07, 6.45) is 1.22. The van der Waals surface area contributed by atoms with E-state index in [-0.39, 0.29) is 5.71 Å². The first-order valence-corrected chi connectivity index (χ1v) is 3.64. The van der Waals surface area contributed by atoms with Gasteiger partial charge in [-0.2, -0.15) is 0 Å². The van der Waals surface area contributed by atoms with Gasteiger partial charge in [-0.1, -0.05) is 18.5 Å². The van der Waals surface area contributed by atoms with Crippen LogP contribution in [0.25, 0.3) is 0 Å². The molecule has 1 N–H and O–H groups in total. The molecule has 4 heteroatoms. The van der Waals surface area contributed by atoms with Crippen molar-refractivity contribution < 1.29 is 14.7 Å². The van der Waals surface area contributed by atoms with E-state index in [4.69, 9.17) is 5.21 Å². The molecule has 0 heterocycles. The van der Waals surface area contributed by atoms with Gasteiger partial charge < -0.3 is 9.94 Å². The minimum atomic E-state index is -0.531. The van der Waals surface area contributed by atoms with E-state index in [1.807, 2.05) is 6.92 Å². The van der Waals surface area contributed by atoms with Crippen molar-refractivity contribution in [1.29, 1.82) is 0 Å². The average molecular weight is 159 g/mol. The molecular weight excluding hydrogens is 146 g/mol. The Morgan fingerprint density at radius 3 is 2.55 bits per heavy atom. The maximum absolute atomic E-state index is 10.9. The Balaban J connectivity index is 3.94. The first kappa shape index (κ1) is 9.94. The Hall–Kier alpha value is -1.06. The van der Waals surface area contributed by atoms with E-state index in [1.54, 1.807) is 6.92 Å². The van der Waals surface area contributed by atoms with Crippen LogP contribution in [-0.2, 0) is 9.53 Å². The monoisotopic (exact) mass is 159 g/mol. The van der Waals surface area contributed by atoms with Gasteiger partial charge in [-0.25, -0.2) is 4.79 Å². The summed E-state index contributed by atoms with van der Waals surface area (Å²) < 4.78 is 4.62. The van der Waals surface area contributed by atoms with Crippen molar-refractivity contribution in [3.05, 3.63) is 0 Å². The highest BCUT2D eigenvalue weighted by Gasteiger charge is 2.10. The van der Waals surface area contributed by atoms with Crippen LogP contribution < -0.4 is 0 Å². The molecule has 0 fully saturated rings. The van der Waals surface area contributed by atoms with Crippen LogP contribution in [-0.4, -0.2) is 23.5 Å². The van der Waals surface area contributed by atoms with Gasteiger partial charge >= 0.3 is 5.97 Å². The maximum atomic E-state index is 10.9. The zero-order valence-electron chi connectivity index (χ0n) is 6.83. The van der Waals surface area contributed by atoms with Crippen molar-refractivity contribution in [2.75, 3.05) is 6.61 Å². The highest BCUT2D eigenvalue weighted by molar-refractivity contribution is 6.36. The Morgan fingerprint density at radius 1 is 1.55 bits per heavy atom. The van der Waals surface area contributed by atoms with Crippen LogP contribution in [0.4, 0.5) is 0 Å². The first-order valence-electron chi connectivity index (χ1n) is 3.64. The number of hydrogen-bond donors (Lipinski definition) is 1. The van der Waals surface area contributed by atoms with Crippen LogP contribution in [0.15, 0.2) is 5.16 Å². The lowest BCUT2D eigenvalue weighted by molar-refractivity contribution is -0.135. The third-order valence-corrected chi connectivity index (χ3v) is 1.12. The molecule has 0 aromatic rings. The van der Waals surface area contributed by atoms with E-state index < -0.39 is 5.97 Å². The van der Waals surface area contributed by atoms with Crippen LogP contribution in [0.3, 0.4) is 0 Å². The number of nitrogens with zero attached hydrogens (tertiary/aromatic N) is 1. The van der Waals surface area contributed by atoms with E-state index in [9.17, 15) is 4.79 Å². The van der Waals surface area contributed by atoms with Crippen molar-refractivity contribution in [1.82, 2.24) is 0 Å². The molecule has 0 aliphatic rings. The maximum Gasteiger partial charge on any atom is 0.356 e. The second-order valence-electron chi connectivity index (χ2n) is 2.02.